The number of likely N-dealkylation sites (tertiary alicyclic amines) is 1. The van der Waals surface area contributed by atoms with E-state index >= 15 is 0 Å². The summed E-state index contributed by atoms with van der Waals surface area (Å²) < 4.78 is 40.8. The van der Waals surface area contributed by atoms with Gasteiger partial charge in [-0.25, -0.2) is 9.59 Å². The Balaban J connectivity index is 1.19. The van der Waals surface area contributed by atoms with Gasteiger partial charge in [0, 0.05) is 36.3 Å². The Morgan fingerprint density at radius 3 is 2.44 bits per heavy atom. The number of cyclic esters (lactones) is 1. The highest BCUT2D eigenvalue weighted by Crippen LogP contribution is 2.57. The molecule has 3 aromatic carbocycles. The number of carbonyl (C=O) groups is 2. The minimum absolute atomic E-state index is 0.0862. The van der Waals surface area contributed by atoms with E-state index in [-0.39, 0.29) is 31.5 Å². The average Bonchev–Trinajstić information content (AvgIpc) is 3.65. The molecular formula is C34H36N2O9. The van der Waals surface area contributed by atoms with Crippen LogP contribution in [0, 0.1) is 5.92 Å². The Labute approximate surface area is 261 Å². The number of methoxy groups -OCH3 is 3. The van der Waals surface area contributed by atoms with E-state index in [4.69, 9.17) is 33.2 Å². The largest absolute Gasteiger partial charge is 0.493 e. The van der Waals surface area contributed by atoms with Crippen LogP contribution in [-0.2, 0) is 28.9 Å². The molecule has 236 valence electrons. The predicted octanol–water partition coefficient (Wildman–Crippen LogP) is 4.69. The van der Waals surface area contributed by atoms with E-state index in [0.717, 1.165) is 40.8 Å². The van der Waals surface area contributed by atoms with Crippen LogP contribution >= 0.6 is 0 Å². The smallest absolute Gasteiger partial charge is 0.410 e. The molecule has 4 heterocycles. The highest BCUT2D eigenvalue weighted by Gasteiger charge is 2.47. The molecule has 0 spiro atoms. The summed E-state index contributed by atoms with van der Waals surface area (Å²) in [6, 6.07) is 13.0. The van der Waals surface area contributed by atoms with Crippen LogP contribution in [0.3, 0.4) is 0 Å². The summed E-state index contributed by atoms with van der Waals surface area (Å²) in [7, 11) is 6.70. The second-order valence-electron chi connectivity index (χ2n) is 11.8. The molecule has 4 aliphatic heterocycles. The van der Waals surface area contributed by atoms with Crippen LogP contribution in [0.15, 0.2) is 42.5 Å². The fourth-order valence-corrected chi connectivity index (χ4v) is 7.09. The van der Waals surface area contributed by atoms with Crippen molar-refractivity contribution < 1.29 is 42.7 Å². The van der Waals surface area contributed by atoms with Crippen molar-refractivity contribution in [2.75, 3.05) is 54.8 Å². The van der Waals surface area contributed by atoms with Crippen molar-refractivity contribution in [3.63, 3.8) is 0 Å². The van der Waals surface area contributed by atoms with E-state index in [0.29, 0.717) is 53.8 Å². The van der Waals surface area contributed by atoms with Crippen LogP contribution in [0.1, 0.15) is 50.3 Å². The van der Waals surface area contributed by atoms with Gasteiger partial charge in [-0.15, -0.1) is 0 Å². The number of carbonyl (C=O) groups excluding carboxylic acids is 2. The van der Waals surface area contributed by atoms with Gasteiger partial charge in [-0.3, -0.25) is 4.90 Å². The van der Waals surface area contributed by atoms with Crippen LogP contribution in [-0.4, -0.2) is 76.7 Å². The summed E-state index contributed by atoms with van der Waals surface area (Å²) in [5.74, 6) is 2.42. The third-order valence-corrected chi connectivity index (χ3v) is 9.24. The molecule has 45 heavy (non-hydrogen) atoms. The zero-order valence-corrected chi connectivity index (χ0v) is 25.8. The van der Waals surface area contributed by atoms with E-state index < -0.39 is 12.1 Å². The lowest BCUT2D eigenvalue weighted by molar-refractivity contribution is 0.00860. The topological polar surface area (TPSA) is 105 Å². The molecule has 11 nitrogen and oxygen atoms in total. The maximum atomic E-state index is 13.3. The lowest BCUT2D eigenvalue weighted by Crippen LogP contribution is -2.51. The minimum Gasteiger partial charge on any atom is -0.493 e. The molecule has 1 fully saturated rings. The second kappa shape index (κ2) is 11.7. The van der Waals surface area contributed by atoms with Gasteiger partial charge in [0.05, 0.1) is 27.4 Å². The molecule has 0 N–H and O–H groups in total. The Hall–Kier alpha value is -4.64. The number of rotatable bonds is 8. The van der Waals surface area contributed by atoms with E-state index in [1.807, 2.05) is 43.4 Å². The van der Waals surface area contributed by atoms with Crippen LogP contribution < -0.4 is 23.7 Å². The summed E-state index contributed by atoms with van der Waals surface area (Å²) in [5, 5.41) is 0. The number of ether oxygens (including phenoxy) is 7. The molecule has 1 amide bonds. The van der Waals surface area contributed by atoms with Crippen LogP contribution in [0.5, 0.6) is 28.7 Å². The van der Waals surface area contributed by atoms with E-state index in [2.05, 4.69) is 4.90 Å². The van der Waals surface area contributed by atoms with E-state index in [1.165, 1.54) is 14.2 Å². The Kier molecular flexibility index (Phi) is 7.56. The van der Waals surface area contributed by atoms with Crippen molar-refractivity contribution >= 4 is 12.1 Å². The number of esters is 1. The third kappa shape index (κ3) is 4.86. The number of hydrogen-bond acceptors (Lipinski definition) is 10. The van der Waals surface area contributed by atoms with E-state index in [1.54, 1.807) is 18.1 Å². The van der Waals surface area contributed by atoms with Gasteiger partial charge in [-0.05, 0) is 43.0 Å². The fraction of sp³-hybridized carbons (Fsp3) is 0.412. The van der Waals surface area contributed by atoms with Gasteiger partial charge < -0.3 is 38.1 Å². The monoisotopic (exact) mass is 616 g/mol. The molecule has 0 bridgehead atoms. The summed E-state index contributed by atoms with van der Waals surface area (Å²) in [4.78, 5) is 29.9. The third-order valence-electron chi connectivity index (χ3n) is 9.24. The van der Waals surface area contributed by atoms with Crippen molar-refractivity contribution in [1.29, 1.82) is 0 Å². The molecule has 0 aliphatic carbocycles. The Morgan fingerprint density at radius 1 is 0.956 bits per heavy atom. The predicted molar refractivity (Wildman–Crippen MR) is 161 cm³/mol. The van der Waals surface area contributed by atoms with Gasteiger partial charge in [0.2, 0.25) is 12.5 Å². The second-order valence-corrected chi connectivity index (χ2v) is 11.8. The lowest BCUT2D eigenvalue weighted by atomic mass is 9.80. The normalized spacial score (nSPS) is 20.2. The van der Waals surface area contributed by atoms with Crippen molar-refractivity contribution in [2.45, 2.75) is 31.6 Å². The number of fused-ring (bicyclic) bond motifs is 3. The highest BCUT2D eigenvalue weighted by molar-refractivity contribution is 5.98. The van der Waals surface area contributed by atoms with Crippen LogP contribution in [0.25, 0.3) is 0 Å². The zero-order chi connectivity index (χ0) is 31.2. The van der Waals surface area contributed by atoms with Crippen molar-refractivity contribution in [1.82, 2.24) is 9.80 Å². The van der Waals surface area contributed by atoms with Gasteiger partial charge in [-0.1, -0.05) is 36.4 Å². The molecule has 0 unspecified atom stereocenters. The van der Waals surface area contributed by atoms with Crippen molar-refractivity contribution in [3.05, 3.63) is 75.8 Å². The van der Waals surface area contributed by atoms with Gasteiger partial charge in [0.25, 0.3) is 0 Å². The quantitative estimate of drug-likeness (QED) is 0.331. The van der Waals surface area contributed by atoms with E-state index in [9.17, 15) is 9.59 Å². The highest BCUT2D eigenvalue weighted by atomic mass is 16.7. The molecule has 0 saturated carbocycles. The summed E-state index contributed by atoms with van der Waals surface area (Å²) >= 11 is 0. The zero-order valence-electron chi connectivity index (χ0n) is 25.8. The molecule has 0 radical (unpaired) electrons. The number of benzene rings is 3. The molecule has 2 atom stereocenters. The number of amides is 1. The number of hydrogen-bond donors (Lipinski definition) is 0. The maximum absolute atomic E-state index is 13.3. The maximum Gasteiger partial charge on any atom is 0.410 e. The number of nitrogens with zero attached hydrogens (tertiary/aromatic N) is 2. The molecule has 4 aliphatic rings. The molecule has 11 heteroatoms. The van der Waals surface area contributed by atoms with Crippen LogP contribution in [0.2, 0.25) is 0 Å². The first-order valence-electron chi connectivity index (χ1n) is 15.1. The lowest BCUT2D eigenvalue weighted by Gasteiger charge is -2.41. The minimum atomic E-state index is -0.614. The van der Waals surface area contributed by atoms with Crippen molar-refractivity contribution in [2.24, 2.45) is 5.92 Å². The molecular weight excluding hydrogens is 580 g/mol. The molecule has 7 rings (SSSR count). The molecule has 3 aromatic rings. The Bertz CT molecular complexity index is 1640. The first-order chi connectivity index (χ1) is 21.9. The number of likely N-dealkylation sites (N-methyl/N-ethyl adjacent to an activating group) is 1. The summed E-state index contributed by atoms with van der Waals surface area (Å²) in [6.45, 7) is 2.23. The van der Waals surface area contributed by atoms with Crippen molar-refractivity contribution in [3.8, 4) is 28.7 Å². The standard InChI is InChI=1S/C34H36N2O9/c1-35-13-12-21-23(14-20-15-36(16-20)34(38)42-17-19-8-6-5-7-9-19)29-32(44-18-43-29)31(41-4)25(21)27(35)28-22-10-11-24(39-2)30(40-3)26(22)33(37)45-28/h5-11,20,27-28H,12-18H2,1-4H3/t27-,28+/m1/s1. The SMILES string of the molecule is COc1ccc2c(c1OC)C(=O)O[C@@H]2[C@H]1c2c(c(CC3CN(C(=O)OCc4ccccc4)C3)c3c(c2OC)OCO3)CCN1C. The summed E-state index contributed by atoms with van der Waals surface area (Å²) in [6.07, 6.45) is 0.520. The molecule has 1 saturated heterocycles. The van der Waals surface area contributed by atoms with Gasteiger partial charge in [0.1, 0.15) is 18.3 Å². The molecule has 0 aromatic heterocycles. The first kappa shape index (κ1) is 29.1. The summed E-state index contributed by atoms with van der Waals surface area (Å²) in [5.41, 5.74) is 5.13. The average molecular weight is 617 g/mol. The van der Waals surface area contributed by atoms with Gasteiger partial charge in [-0.2, -0.15) is 0 Å². The first-order valence-corrected chi connectivity index (χ1v) is 15.1. The van der Waals surface area contributed by atoms with Crippen LogP contribution in [0.4, 0.5) is 4.79 Å². The van der Waals surface area contributed by atoms with Gasteiger partial charge in [0.15, 0.2) is 23.0 Å². The van der Waals surface area contributed by atoms with Gasteiger partial charge >= 0.3 is 12.1 Å². The fourth-order valence-electron chi connectivity index (χ4n) is 7.09. The Morgan fingerprint density at radius 2 is 1.71 bits per heavy atom.